The third-order valence-electron chi connectivity index (χ3n) is 14.8. The lowest BCUT2D eigenvalue weighted by Crippen LogP contribution is -2.34. The summed E-state index contributed by atoms with van der Waals surface area (Å²) in [5.41, 5.74) is 19.6. The van der Waals surface area contributed by atoms with E-state index in [1.165, 1.54) is 66.8 Å². The predicted octanol–water partition coefficient (Wildman–Crippen LogP) is 17.1. The van der Waals surface area contributed by atoms with Gasteiger partial charge >= 0.3 is 0 Å². The van der Waals surface area contributed by atoms with Crippen molar-refractivity contribution in [2.45, 2.75) is 56.8 Å². The maximum Gasteiger partial charge on any atom is 0.159 e. The van der Waals surface area contributed by atoms with E-state index in [4.69, 9.17) is 4.42 Å². The van der Waals surface area contributed by atoms with Crippen LogP contribution in [-0.4, -0.2) is 0 Å². The molecule has 65 heavy (non-hydrogen) atoms. The van der Waals surface area contributed by atoms with E-state index in [1.54, 1.807) is 0 Å². The Kier molecular flexibility index (Phi) is 8.94. The van der Waals surface area contributed by atoms with Crippen LogP contribution in [0.1, 0.15) is 73.9 Å². The lowest BCUT2D eigenvalue weighted by molar-refractivity contribution is 0.333. The topological polar surface area (TPSA) is 16.4 Å². The molecule has 0 spiro atoms. The minimum absolute atomic E-state index is 0.0347. The van der Waals surface area contributed by atoms with E-state index in [2.05, 4.69) is 245 Å². The zero-order valence-corrected chi connectivity index (χ0v) is 37.5. The smallest absolute Gasteiger partial charge is 0.159 e. The molecule has 9 aromatic carbocycles. The predicted molar refractivity (Wildman–Crippen MR) is 272 cm³/mol. The molecule has 0 N–H and O–H groups in total. The fourth-order valence-electron chi connectivity index (χ4n) is 11.6. The van der Waals surface area contributed by atoms with Gasteiger partial charge in [0.15, 0.2) is 5.58 Å². The van der Waals surface area contributed by atoms with Gasteiger partial charge in [0.2, 0.25) is 0 Å². The van der Waals surface area contributed by atoms with Crippen molar-refractivity contribution in [3.05, 3.63) is 246 Å². The molecule has 12 rings (SSSR count). The van der Waals surface area contributed by atoms with Gasteiger partial charge in [0.25, 0.3) is 0 Å². The first-order valence-corrected chi connectivity index (χ1v) is 23.1. The molecule has 0 radical (unpaired) electrons. The van der Waals surface area contributed by atoms with Crippen LogP contribution in [0.5, 0.6) is 0 Å². The molecule has 0 saturated heterocycles. The Morgan fingerprint density at radius 3 is 1.71 bits per heavy atom. The zero-order valence-electron chi connectivity index (χ0n) is 37.5. The second-order valence-corrected chi connectivity index (χ2v) is 19.4. The lowest BCUT2D eigenvalue weighted by Gasteiger charge is -2.43. The molecule has 10 aromatic rings. The van der Waals surface area contributed by atoms with Crippen molar-refractivity contribution in [2.24, 2.45) is 0 Å². The highest BCUT2D eigenvalue weighted by molar-refractivity contribution is 6.11. The summed E-state index contributed by atoms with van der Waals surface area (Å²) >= 11 is 0. The van der Waals surface area contributed by atoms with E-state index >= 15 is 0 Å². The molecule has 0 fully saturated rings. The van der Waals surface area contributed by atoms with Crippen LogP contribution in [0, 0.1) is 0 Å². The molecule has 0 bridgehead atoms. The van der Waals surface area contributed by atoms with Crippen molar-refractivity contribution in [3.8, 4) is 33.4 Å². The van der Waals surface area contributed by atoms with Gasteiger partial charge in [0.1, 0.15) is 5.58 Å². The first-order valence-electron chi connectivity index (χ1n) is 23.1. The van der Waals surface area contributed by atoms with E-state index < -0.39 is 5.41 Å². The number of anilines is 3. The van der Waals surface area contributed by atoms with Gasteiger partial charge in [-0.1, -0.05) is 204 Å². The minimum Gasteiger partial charge on any atom is -0.454 e. The Morgan fingerprint density at radius 1 is 0.400 bits per heavy atom. The summed E-state index contributed by atoms with van der Waals surface area (Å²) in [5.74, 6) is 0. The number of hydrogen-bond donors (Lipinski definition) is 0. The van der Waals surface area contributed by atoms with E-state index in [0.717, 1.165) is 51.8 Å². The van der Waals surface area contributed by atoms with Crippen molar-refractivity contribution < 1.29 is 4.42 Å². The summed E-state index contributed by atoms with van der Waals surface area (Å²) in [6, 6.07) is 78.5. The molecule has 2 nitrogen and oxygen atoms in total. The maximum atomic E-state index is 6.98. The van der Waals surface area contributed by atoms with E-state index in [0.29, 0.717) is 0 Å². The second-order valence-electron chi connectivity index (χ2n) is 19.4. The molecule has 1 aromatic heterocycles. The van der Waals surface area contributed by atoms with Crippen LogP contribution in [0.4, 0.5) is 17.1 Å². The molecular formula is C63H51NO. The number of nitrogens with zero attached hydrogens (tertiary/aromatic N) is 1. The summed E-state index contributed by atoms with van der Waals surface area (Å²) < 4.78 is 6.98. The number of hydrogen-bond acceptors (Lipinski definition) is 2. The molecular weight excluding hydrogens is 787 g/mol. The van der Waals surface area contributed by atoms with Crippen molar-refractivity contribution >= 4 is 39.0 Å². The molecule has 2 heteroatoms. The van der Waals surface area contributed by atoms with Crippen molar-refractivity contribution in [1.29, 1.82) is 0 Å². The van der Waals surface area contributed by atoms with E-state index in [-0.39, 0.29) is 10.8 Å². The fraction of sp³-hybridized carbons (Fsp3) is 0.143. The Balaban J connectivity index is 1.24. The third kappa shape index (κ3) is 6.00. The average Bonchev–Trinajstić information content (AvgIpc) is 3.88. The monoisotopic (exact) mass is 837 g/mol. The van der Waals surface area contributed by atoms with Crippen LogP contribution in [0.3, 0.4) is 0 Å². The van der Waals surface area contributed by atoms with Crippen molar-refractivity contribution in [1.82, 2.24) is 0 Å². The number of furan rings is 1. The van der Waals surface area contributed by atoms with Crippen LogP contribution in [-0.2, 0) is 16.2 Å². The summed E-state index contributed by atoms with van der Waals surface area (Å²) in [5, 5.41) is 2.21. The molecule has 0 amide bonds. The standard InChI is InChI=1S/C63H51NO/c1-61(2)38-39-62(3,4)59-49(28-18-31-54(59)61)52-40-51-47-26-14-16-30-53(47)63(44-22-10-6-11-23-44,45-24-12-7-13-25-45)55(51)41-57(52)64(46-36-34-43(35-37-46)42-20-8-5-9-21-42)56-32-19-29-50-48-27-15-17-33-58(48)65-60(50)56/h5-37,40-41H,38-39H2,1-4H3. The van der Waals surface area contributed by atoms with Gasteiger partial charge in [-0.05, 0) is 121 Å². The van der Waals surface area contributed by atoms with Gasteiger partial charge in [-0.2, -0.15) is 0 Å². The fourth-order valence-corrected chi connectivity index (χ4v) is 11.6. The van der Waals surface area contributed by atoms with Gasteiger partial charge < -0.3 is 9.32 Å². The Labute approximate surface area is 382 Å². The Hall–Kier alpha value is -7.42. The molecule has 0 unspecified atom stereocenters. The van der Waals surface area contributed by atoms with E-state index in [1.807, 2.05) is 0 Å². The zero-order chi connectivity index (χ0) is 43.9. The number of benzene rings is 9. The number of fused-ring (bicyclic) bond motifs is 7. The number of rotatable bonds is 7. The maximum absolute atomic E-state index is 6.98. The second kappa shape index (κ2) is 14.8. The van der Waals surface area contributed by atoms with Crippen LogP contribution in [0.2, 0.25) is 0 Å². The average molecular weight is 838 g/mol. The summed E-state index contributed by atoms with van der Waals surface area (Å²) in [4.78, 5) is 2.50. The molecule has 0 aliphatic heterocycles. The number of para-hydroxylation sites is 2. The lowest BCUT2D eigenvalue weighted by atomic mass is 9.61. The van der Waals surface area contributed by atoms with Gasteiger partial charge in [-0.3, -0.25) is 0 Å². The van der Waals surface area contributed by atoms with Gasteiger partial charge in [-0.25, -0.2) is 0 Å². The van der Waals surface area contributed by atoms with Crippen LogP contribution >= 0.6 is 0 Å². The normalized spacial score (nSPS) is 15.3. The third-order valence-corrected chi connectivity index (χ3v) is 14.8. The minimum atomic E-state index is -0.590. The quantitative estimate of drug-likeness (QED) is 0.159. The molecule has 2 aliphatic carbocycles. The van der Waals surface area contributed by atoms with Crippen molar-refractivity contribution in [2.75, 3.05) is 4.90 Å². The highest BCUT2D eigenvalue weighted by Crippen LogP contribution is 2.60. The van der Waals surface area contributed by atoms with Crippen LogP contribution in [0.25, 0.3) is 55.3 Å². The van der Waals surface area contributed by atoms with E-state index in [9.17, 15) is 0 Å². The molecule has 1 heterocycles. The van der Waals surface area contributed by atoms with Gasteiger partial charge in [0.05, 0.1) is 16.8 Å². The summed E-state index contributed by atoms with van der Waals surface area (Å²) in [6.07, 6.45) is 2.26. The molecule has 0 atom stereocenters. The molecule has 0 saturated carbocycles. The van der Waals surface area contributed by atoms with Crippen LogP contribution in [0.15, 0.2) is 217 Å². The van der Waals surface area contributed by atoms with Crippen LogP contribution < -0.4 is 4.90 Å². The Morgan fingerprint density at radius 2 is 0.969 bits per heavy atom. The highest BCUT2D eigenvalue weighted by atomic mass is 16.3. The summed E-state index contributed by atoms with van der Waals surface area (Å²) in [7, 11) is 0. The Bertz CT molecular complexity index is 3370. The highest BCUT2D eigenvalue weighted by Gasteiger charge is 2.47. The van der Waals surface area contributed by atoms with Gasteiger partial charge in [0, 0.05) is 22.0 Å². The largest absolute Gasteiger partial charge is 0.454 e. The van der Waals surface area contributed by atoms with Crippen molar-refractivity contribution in [3.63, 3.8) is 0 Å². The first-order chi connectivity index (χ1) is 31.7. The van der Waals surface area contributed by atoms with Gasteiger partial charge in [-0.15, -0.1) is 0 Å². The molecule has 314 valence electrons. The molecule has 2 aliphatic rings. The SMILES string of the molecule is CC1(C)CCC(C)(C)c2c(-c3cc4c(cc3N(c3ccc(-c5ccccc5)cc3)c3cccc5c3oc3ccccc35)C(c3ccccc3)(c3ccccc3)c3ccccc3-4)cccc21. The summed E-state index contributed by atoms with van der Waals surface area (Å²) in [6.45, 7) is 9.78. The first kappa shape index (κ1) is 39.2.